The van der Waals surface area contributed by atoms with E-state index in [1.165, 1.54) is 12.6 Å². The van der Waals surface area contributed by atoms with Gasteiger partial charge in [-0.25, -0.2) is 4.98 Å². The molecule has 1 aliphatic rings. The van der Waals surface area contributed by atoms with Gasteiger partial charge in [0.1, 0.15) is 11.9 Å². The van der Waals surface area contributed by atoms with Gasteiger partial charge in [0.15, 0.2) is 0 Å². The normalized spacial score (nSPS) is 14.7. The zero-order valence-corrected chi connectivity index (χ0v) is 11.4. The molecule has 1 fully saturated rings. The first-order valence-electron chi connectivity index (χ1n) is 6.88. The van der Waals surface area contributed by atoms with Crippen molar-refractivity contribution < 1.29 is 4.79 Å². The van der Waals surface area contributed by atoms with Crippen molar-refractivity contribution in [2.75, 3.05) is 30.7 Å². The molecule has 1 aromatic rings. The van der Waals surface area contributed by atoms with E-state index < -0.39 is 0 Å². The summed E-state index contributed by atoms with van der Waals surface area (Å²) in [4.78, 5) is 18.0. The van der Waals surface area contributed by atoms with Gasteiger partial charge < -0.3 is 16.0 Å². The molecule has 2 rings (SSSR count). The number of rotatable bonds is 4. The lowest BCUT2D eigenvalue weighted by Crippen LogP contribution is -2.36. The molecule has 0 aromatic carbocycles. The number of nitriles is 1. The van der Waals surface area contributed by atoms with E-state index >= 15 is 0 Å². The highest BCUT2D eigenvalue weighted by molar-refractivity contribution is 5.77. The lowest BCUT2D eigenvalue weighted by molar-refractivity contribution is -0.131. The second-order valence-electron chi connectivity index (χ2n) is 4.89. The number of nitrogens with two attached hydrogens (primary N) is 1. The summed E-state index contributed by atoms with van der Waals surface area (Å²) in [7, 11) is 0. The molecule has 6 heteroatoms. The minimum absolute atomic E-state index is 0.171. The van der Waals surface area contributed by atoms with E-state index in [1.54, 1.807) is 6.07 Å². The van der Waals surface area contributed by atoms with E-state index in [4.69, 9.17) is 11.0 Å². The molecule has 0 bridgehead atoms. The summed E-state index contributed by atoms with van der Waals surface area (Å²) in [6, 6.07) is 3.55. The van der Waals surface area contributed by atoms with Crippen molar-refractivity contribution >= 4 is 17.4 Å². The van der Waals surface area contributed by atoms with Crippen LogP contribution in [0.3, 0.4) is 0 Å². The largest absolute Gasteiger partial charge is 0.396 e. The number of aromatic nitrogens is 1. The van der Waals surface area contributed by atoms with Crippen molar-refractivity contribution in [2.24, 2.45) is 0 Å². The Kier molecular flexibility index (Phi) is 4.77. The number of piperidine rings is 1. The number of carbonyl (C=O) groups excluding carboxylic acids is 1. The van der Waals surface area contributed by atoms with Crippen LogP contribution in [0, 0.1) is 11.3 Å². The van der Waals surface area contributed by atoms with Crippen LogP contribution in [0.5, 0.6) is 0 Å². The number of pyridine rings is 1. The van der Waals surface area contributed by atoms with E-state index in [-0.39, 0.29) is 5.91 Å². The lowest BCUT2D eigenvalue weighted by Gasteiger charge is -2.26. The highest BCUT2D eigenvalue weighted by Gasteiger charge is 2.15. The average Bonchev–Trinajstić information content (AvgIpc) is 2.49. The SMILES string of the molecule is N#Cc1cnc(NCCC(=O)N2CCCCC2)c(N)c1. The third-order valence-corrected chi connectivity index (χ3v) is 3.39. The predicted molar refractivity (Wildman–Crippen MR) is 76.9 cm³/mol. The second kappa shape index (κ2) is 6.75. The maximum atomic E-state index is 12.0. The Morgan fingerprint density at radius 3 is 2.85 bits per heavy atom. The topological polar surface area (TPSA) is 95.0 Å². The third kappa shape index (κ3) is 3.60. The van der Waals surface area contributed by atoms with Crippen LogP contribution in [0.25, 0.3) is 0 Å². The van der Waals surface area contributed by atoms with E-state index in [9.17, 15) is 4.79 Å². The zero-order chi connectivity index (χ0) is 14.4. The van der Waals surface area contributed by atoms with Gasteiger partial charge in [0, 0.05) is 32.3 Å². The summed E-state index contributed by atoms with van der Waals surface area (Å²) in [6.45, 7) is 2.24. The number of likely N-dealkylation sites (tertiary alicyclic amines) is 1. The van der Waals surface area contributed by atoms with E-state index in [2.05, 4.69) is 10.3 Å². The minimum atomic E-state index is 0.171. The van der Waals surface area contributed by atoms with Gasteiger partial charge in [0.2, 0.25) is 5.91 Å². The quantitative estimate of drug-likeness (QED) is 0.863. The van der Waals surface area contributed by atoms with Gasteiger partial charge >= 0.3 is 0 Å². The fraction of sp³-hybridized carbons (Fsp3) is 0.500. The number of hydrogen-bond acceptors (Lipinski definition) is 5. The Labute approximate surface area is 118 Å². The monoisotopic (exact) mass is 273 g/mol. The van der Waals surface area contributed by atoms with Crippen molar-refractivity contribution in [3.05, 3.63) is 17.8 Å². The van der Waals surface area contributed by atoms with Crippen molar-refractivity contribution in [3.63, 3.8) is 0 Å². The molecule has 0 aliphatic carbocycles. The summed E-state index contributed by atoms with van der Waals surface area (Å²) in [6.07, 6.45) is 5.31. The van der Waals surface area contributed by atoms with Gasteiger partial charge in [-0.3, -0.25) is 4.79 Å². The number of anilines is 2. The van der Waals surface area contributed by atoms with Gasteiger partial charge in [-0.2, -0.15) is 5.26 Å². The average molecular weight is 273 g/mol. The molecule has 6 nitrogen and oxygen atoms in total. The molecular weight excluding hydrogens is 254 g/mol. The van der Waals surface area contributed by atoms with E-state index in [1.807, 2.05) is 11.0 Å². The van der Waals surface area contributed by atoms with Crippen LogP contribution in [0.4, 0.5) is 11.5 Å². The Hall–Kier alpha value is -2.29. The number of carbonyl (C=O) groups is 1. The van der Waals surface area contributed by atoms with Crippen LogP contribution in [0.2, 0.25) is 0 Å². The van der Waals surface area contributed by atoms with Crippen molar-refractivity contribution in [1.29, 1.82) is 5.26 Å². The van der Waals surface area contributed by atoms with Gasteiger partial charge in [-0.05, 0) is 25.3 Å². The molecule has 0 saturated carbocycles. The second-order valence-corrected chi connectivity index (χ2v) is 4.89. The van der Waals surface area contributed by atoms with Crippen LogP contribution in [-0.4, -0.2) is 35.4 Å². The smallest absolute Gasteiger partial charge is 0.224 e. The van der Waals surface area contributed by atoms with Gasteiger partial charge in [0.25, 0.3) is 0 Å². The van der Waals surface area contributed by atoms with E-state index in [0.717, 1.165) is 25.9 Å². The van der Waals surface area contributed by atoms with Crippen molar-refractivity contribution in [1.82, 2.24) is 9.88 Å². The van der Waals surface area contributed by atoms with Gasteiger partial charge in [0.05, 0.1) is 11.3 Å². The highest BCUT2D eigenvalue weighted by Crippen LogP contribution is 2.16. The number of nitrogen functional groups attached to an aromatic ring is 1. The van der Waals surface area contributed by atoms with Gasteiger partial charge in [-0.15, -0.1) is 0 Å². The zero-order valence-electron chi connectivity index (χ0n) is 11.4. The summed E-state index contributed by atoms with van der Waals surface area (Å²) >= 11 is 0. The fourth-order valence-corrected chi connectivity index (χ4v) is 2.28. The van der Waals surface area contributed by atoms with Crippen LogP contribution in [0.15, 0.2) is 12.3 Å². The Bertz CT molecular complexity index is 517. The summed E-state index contributed by atoms with van der Waals surface area (Å²) in [5.41, 5.74) is 6.64. The third-order valence-electron chi connectivity index (χ3n) is 3.39. The van der Waals surface area contributed by atoms with E-state index in [0.29, 0.717) is 30.0 Å². The van der Waals surface area contributed by atoms with Crippen LogP contribution in [0.1, 0.15) is 31.2 Å². The van der Waals surface area contributed by atoms with Crippen molar-refractivity contribution in [3.8, 4) is 6.07 Å². The molecule has 20 heavy (non-hydrogen) atoms. The Morgan fingerprint density at radius 2 is 2.20 bits per heavy atom. The summed E-state index contributed by atoms with van der Waals surface area (Å²) < 4.78 is 0. The molecule has 1 saturated heterocycles. The predicted octanol–water partition coefficient (Wildman–Crippen LogP) is 1.35. The molecule has 0 unspecified atom stereocenters. The summed E-state index contributed by atoms with van der Waals surface area (Å²) in [5.74, 6) is 0.694. The lowest BCUT2D eigenvalue weighted by atomic mass is 10.1. The van der Waals surface area contributed by atoms with Crippen LogP contribution in [-0.2, 0) is 4.79 Å². The molecule has 1 aliphatic heterocycles. The molecule has 2 heterocycles. The fourth-order valence-electron chi connectivity index (χ4n) is 2.28. The first-order chi connectivity index (χ1) is 9.70. The molecule has 0 atom stereocenters. The highest BCUT2D eigenvalue weighted by atomic mass is 16.2. The molecular formula is C14H19N5O. The Morgan fingerprint density at radius 1 is 1.45 bits per heavy atom. The molecule has 1 aromatic heterocycles. The first-order valence-corrected chi connectivity index (χ1v) is 6.88. The maximum Gasteiger partial charge on any atom is 0.224 e. The molecule has 3 N–H and O–H groups in total. The Balaban J connectivity index is 1.80. The number of nitrogens with one attached hydrogen (secondary N) is 1. The standard InChI is InChI=1S/C14H19N5O/c15-9-11-8-12(16)14(18-10-11)17-5-4-13(20)19-6-2-1-3-7-19/h8,10H,1-7,16H2,(H,17,18). The maximum absolute atomic E-state index is 12.0. The van der Waals surface area contributed by atoms with Crippen LogP contribution < -0.4 is 11.1 Å². The van der Waals surface area contributed by atoms with Crippen LogP contribution >= 0.6 is 0 Å². The number of hydrogen-bond donors (Lipinski definition) is 2. The molecule has 0 spiro atoms. The van der Waals surface area contributed by atoms with Crippen molar-refractivity contribution in [2.45, 2.75) is 25.7 Å². The molecule has 106 valence electrons. The number of nitrogens with zero attached hydrogens (tertiary/aromatic N) is 3. The first kappa shape index (κ1) is 14.1. The minimum Gasteiger partial charge on any atom is -0.396 e. The number of amides is 1. The van der Waals surface area contributed by atoms with Gasteiger partial charge in [-0.1, -0.05) is 0 Å². The summed E-state index contributed by atoms with van der Waals surface area (Å²) in [5, 5.41) is 11.8. The molecule has 0 radical (unpaired) electrons. The molecule has 1 amide bonds.